The van der Waals surface area contributed by atoms with Gasteiger partial charge in [0.05, 0.1) is 25.5 Å². The third kappa shape index (κ3) is 3.38. The van der Waals surface area contributed by atoms with Crippen LogP contribution in [0.3, 0.4) is 0 Å². The van der Waals surface area contributed by atoms with E-state index in [9.17, 15) is 4.79 Å². The van der Waals surface area contributed by atoms with Crippen molar-refractivity contribution in [2.45, 2.75) is 0 Å². The molecule has 1 amide bonds. The summed E-state index contributed by atoms with van der Waals surface area (Å²) < 4.78 is 10.5. The van der Waals surface area contributed by atoms with E-state index in [4.69, 9.17) is 9.47 Å². The summed E-state index contributed by atoms with van der Waals surface area (Å²) in [6.45, 7) is 0. The minimum Gasteiger partial charge on any atom is -0.497 e. The molecule has 3 rings (SSSR count). The molecular weight excluding hydrogens is 324 g/mol. The lowest BCUT2D eigenvalue weighted by atomic mass is 10.1. The highest BCUT2D eigenvalue weighted by Gasteiger charge is 2.12. The van der Waals surface area contributed by atoms with Crippen molar-refractivity contribution < 1.29 is 14.3 Å². The largest absolute Gasteiger partial charge is 0.497 e. The number of benzene rings is 1. The highest BCUT2D eigenvalue weighted by molar-refractivity contribution is 7.13. The van der Waals surface area contributed by atoms with Crippen LogP contribution in [0.2, 0.25) is 0 Å². The van der Waals surface area contributed by atoms with E-state index >= 15 is 0 Å². The molecule has 6 heteroatoms. The maximum Gasteiger partial charge on any atom is 0.257 e. The Bertz CT molecular complexity index is 847. The number of nitrogens with zero attached hydrogens (tertiary/aromatic N) is 1. The smallest absolute Gasteiger partial charge is 0.257 e. The number of nitrogens with one attached hydrogen (secondary N) is 1. The number of pyridine rings is 1. The second-order valence-electron chi connectivity index (χ2n) is 4.96. The summed E-state index contributed by atoms with van der Waals surface area (Å²) in [6, 6.07) is 11.0. The summed E-state index contributed by atoms with van der Waals surface area (Å²) in [5, 5.41) is 4.84. The average molecular weight is 340 g/mol. The molecule has 0 unspecified atom stereocenters. The molecular formula is C18H16N2O3S. The molecule has 3 aromatic rings. The van der Waals surface area contributed by atoms with Crippen LogP contribution in [0, 0.1) is 0 Å². The number of hydrogen-bond acceptors (Lipinski definition) is 5. The molecule has 0 atom stereocenters. The number of hydrogen-bond donors (Lipinski definition) is 1. The third-order valence-corrected chi connectivity index (χ3v) is 4.38. The van der Waals surface area contributed by atoms with E-state index in [0.29, 0.717) is 22.7 Å². The molecule has 0 bridgehead atoms. The average Bonchev–Trinajstić information content (AvgIpc) is 3.17. The first-order chi connectivity index (χ1) is 11.7. The number of amides is 1. The van der Waals surface area contributed by atoms with E-state index in [1.807, 2.05) is 23.6 Å². The van der Waals surface area contributed by atoms with E-state index in [1.54, 1.807) is 56.1 Å². The van der Waals surface area contributed by atoms with Gasteiger partial charge in [0.2, 0.25) is 0 Å². The summed E-state index contributed by atoms with van der Waals surface area (Å²) in [5.74, 6) is 0.945. The zero-order chi connectivity index (χ0) is 16.9. The normalized spacial score (nSPS) is 10.2. The number of thiophene rings is 1. The molecule has 0 saturated heterocycles. The topological polar surface area (TPSA) is 60.5 Å². The van der Waals surface area contributed by atoms with Gasteiger partial charge in [-0.2, -0.15) is 0 Å². The lowest BCUT2D eigenvalue weighted by Crippen LogP contribution is -2.13. The Morgan fingerprint density at radius 1 is 1.12 bits per heavy atom. The number of ether oxygens (including phenoxy) is 2. The molecule has 122 valence electrons. The Kier molecular flexibility index (Phi) is 4.77. The van der Waals surface area contributed by atoms with E-state index in [0.717, 1.165) is 10.4 Å². The van der Waals surface area contributed by atoms with Gasteiger partial charge >= 0.3 is 0 Å². The van der Waals surface area contributed by atoms with Crippen molar-refractivity contribution in [1.82, 2.24) is 4.98 Å². The molecule has 24 heavy (non-hydrogen) atoms. The molecule has 5 nitrogen and oxygen atoms in total. The molecule has 0 fully saturated rings. The van der Waals surface area contributed by atoms with Crippen molar-refractivity contribution in [3.63, 3.8) is 0 Å². The van der Waals surface area contributed by atoms with Gasteiger partial charge in [0, 0.05) is 28.9 Å². The quantitative estimate of drug-likeness (QED) is 0.760. The van der Waals surface area contributed by atoms with Crippen LogP contribution in [-0.2, 0) is 0 Å². The van der Waals surface area contributed by atoms with Gasteiger partial charge < -0.3 is 14.8 Å². The maximum absolute atomic E-state index is 12.5. The van der Waals surface area contributed by atoms with Crippen molar-refractivity contribution in [3.8, 4) is 21.9 Å². The Morgan fingerprint density at radius 3 is 2.71 bits per heavy atom. The number of rotatable bonds is 5. The van der Waals surface area contributed by atoms with Crippen LogP contribution in [-0.4, -0.2) is 25.1 Å². The van der Waals surface area contributed by atoms with Gasteiger partial charge in [-0.15, -0.1) is 11.3 Å². The summed E-state index contributed by atoms with van der Waals surface area (Å²) in [5.41, 5.74) is 1.97. The number of carbonyl (C=O) groups excluding carboxylic acids is 1. The van der Waals surface area contributed by atoms with Crippen LogP contribution in [0.25, 0.3) is 10.4 Å². The van der Waals surface area contributed by atoms with Crippen LogP contribution in [0.1, 0.15) is 10.4 Å². The SMILES string of the molecule is COc1ccc(NC(=O)c2cncc(-c3cccs3)c2)c(OC)c1. The van der Waals surface area contributed by atoms with E-state index in [1.165, 1.54) is 0 Å². The molecule has 0 aliphatic carbocycles. The summed E-state index contributed by atoms with van der Waals surface area (Å²) in [6.07, 6.45) is 3.29. The summed E-state index contributed by atoms with van der Waals surface area (Å²) in [7, 11) is 3.12. The monoisotopic (exact) mass is 340 g/mol. The van der Waals surface area contributed by atoms with Crippen LogP contribution >= 0.6 is 11.3 Å². The molecule has 2 heterocycles. The fraction of sp³-hybridized carbons (Fsp3) is 0.111. The minimum absolute atomic E-state index is 0.246. The van der Waals surface area contributed by atoms with E-state index < -0.39 is 0 Å². The molecule has 1 aromatic carbocycles. The summed E-state index contributed by atoms with van der Waals surface area (Å²) in [4.78, 5) is 17.8. The van der Waals surface area contributed by atoms with Gasteiger partial charge in [0.25, 0.3) is 5.91 Å². The first-order valence-corrected chi connectivity index (χ1v) is 8.11. The molecule has 0 aliphatic rings. The van der Waals surface area contributed by atoms with E-state index in [2.05, 4.69) is 10.3 Å². The van der Waals surface area contributed by atoms with Crippen molar-refractivity contribution in [3.05, 3.63) is 59.7 Å². The van der Waals surface area contributed by atoms with Gasteiger partial charge in [0.15, 0.2) is 0 Å². The van der Waals surface area contributed by atoms with Crippen molar-refractivity contribution in [2.75, 3.05) is 19.5 Å². The van der Waals surface area contributed by atoms with Crippen LogP contribution in [0.5, 0.6) is 11.5 Å². The minimum atomic E-state index is -0.246. The first kappa shape index (κ1) is 16.0. The Hall–Kier alpha value is -2.86. The highest BCUT2D eigenvalue weighted by atomic mass is 32.1. The zero-order valence-corrected chi connectivity index (χ0v) is 14.1. The predicted octanol–water partition coefficient (Wildman–Crippen LogP) is 4.08. The number of carbonyl (C=O) groups is 1. The fourth-order valence-corrected chi connectivity index (χ4v) is 2.95. The highest BCUT2D eigenvalue weighted by Crippen LogP contribution is 2.30. The van der Waals surface area contributed by atoms with Gasteiger partial charge in [-0.3, -0.25) is 9.78 Å². The molecule has 0 radical (unpaired) electrons. The number of methoxy groups -OCH3 is 2. The second kappa shape index (κ2) is 7.14. The number of aromatic nitrogens is 1. The standard InChI is InChI=1S/C18H16N2O3S/c1-22-14-5-6-15(16(9-14)23-2)20-18(21)13-8-12(10-19-11-13)17-4-3-7-24-17/h3-11H,1-2H3,(H,20,21). The molecule has 0 saturated carbocycles. The molecule has 1 N–H and O–H groups in total. The fourth-order valence-electron chi connectivity index (χ4n) is 2.24. The zero-order valence-electron chi connectivity index (χ0n) is 13.3. The van der Waals surface area contributed by atoms with Crippen LogP contribution in [0.4, 0.5) is 5.69 Å². The second-order valence-corrected chi connectivity index (χ2v) is 5.91. The molecule has 0 spiro atoms. The van der Waals surface area contributed by atoms with E-state index in [-0.39, 0.29) is 5.91 Å². The summed E-state index contributed by atoms with van der Waals surface area (Å²) >= 11 is 1.60. The lowest BCUT2D eigenvalue weighted by Gasteiger charge is -2.11. The third-order valence-electron chi connectivity index (χ3n) is 3.46. The van der Waals surface area contributed by atoms with Gasteiger partial charge in [-0.25, -0.2) is 0 Å². The number of anilines is 1. The Balaban J connectivity index is 1.84. The van der Waals surface area contributed by atoms with Crippen molar-refractivity contribution in [1.29, 1.82) is 0 Å². The van der Waals surface area contributed by atoms with Gasteiger partial charge in [-0.05, 0) is 29.6 Å². The maximum atomic E-state index is 12.5. The van der Waals surface area contributed by atoms with Crippen molar-refractivity contribution >= 4 is 22.9 Å². The predicted molar refractivity (Wildman–Crippen MR) is 95.0 cm³/mol. The van der Waals surface area contributed by atoms with Crippen LogP contribution in [0.15, 0.2) is 54.2 Å². The van der Waals surface area contributed by atoms with Crippen LogP contribution < -0.4 is 14.8 Å². The molecule has 0 aliphatic heterocycles. The lowest BCUT2D eigenvalue weighted by molar-refractivity contribution is 0.102. The van der Waals surface area contributed by atoms with Gasteiger partial charge in [-0.1, -0.05) is 6.07 Å². The Labute approximate surface area is 143 Å². The Morgan fingerprint density at radius 2 is 2.00 bits per heavy atom. The molecule has 2 aromatic heterocycles. The van der Waals surface area contributed by atoms with Crippen molar-refractivity contribution in [2.24, 2.45) is 0 Å². The van der Waals surface area contributed by atoms with Gasteiger partial charge in [0.1, 0.15) is 11.5 Å². The first-order valence-electron chi connectivity index (χ1n) is 7.23.